The van der Waals surface area contributed by atoms with E-state index in [4.69, 9.17) is 16.3 Å². The van der Waals surface area contributed by atoms with E-state index in [1.54, 1.807) is 0 Å². The lowest BCUT2D eigenvalue weighted by molar-refractivity contribution is -0.383. The summed E-state index contributed by atoms with van der Waals surface area (Å²) >= 11 is 5.71. The molecule has 7 nitrogen and oxygen atoms in total. The fourth-order valence-electron chi connectivity index (χ4n) is 1.92. The maximum absolute atomic E-state index is 11.9. The van der Waals surface area contributed by atoms with Gasteiger partial charge >= 0.3 is 0 Å². The largest absolute Gasteiger partial charge is 0.375 e. The first kappa shape index (κ1) is 14.7. The van der Waals surface area contributed by atoms with Crippen LogP contribution in [0.5, 0.6) is 0 Å². The minimum Gasteiger partial charge on any atom is -0.375 e. The average Bonchev–Trinajstić information content (AvgIpc) is 2.41. The molecule has 2 N–H and O–H groups in total. The van der Waals surface area contributed by atoms with Gasteiger partial charge < -0.3 is 15.4 Å². The lowest BCUT2D eigenvalue weighted by Gasteiger charge is -2.23. The minimum atomic E-state index is -0.583. The quantitative estimate of drug-likeness (QED) is 0.650. The SMILES string of the molecule is O=C(CC1CNCCO1)Nc1ccc(Cl)cc1[N+](=O)[O-]. The summed E-state index contributed by atoms with van der Waals surface area (Å²) in [5.41, 5.74) is -0.0956. The summed E-state index contributed by atoms with van der Waals surface area (Å²) in [5.74, 6) is -0.330. The van der Waals surface area contributed by atoms with Gasteiger partial charge in [-0.3, -0.25) is 14.9 Å². The summed E-state index contributed by atoms with van der Waals surface area (Å²) in [6.07, 6.45) is -0.0672. The number of nitrogens with zero attached hydrogens (tertiary/aromatic N) is 1. The van der Waals surface area contributed by atoms with E-state index < -0.39 is 4.92 Å². The predicted molar refractivity (Wildman–Crippen MR) is 74.0 cm³/mol. The van der Waals surface area contributed by atoms with E-state index in [0.29, 0.717) is 13.2 Å². The zero-order valence-corrected chi connectivity index (χ0v) is 11.4. The number of nitro groups is 1. The van der Waals surface area contributed by atoms with Crippen LogP contribution in [0.25, 0.3) is 0 Å². The molecule has 0 aromatic heterocycles. The summed E-state index contributed by atoms with van der Waals surface area (Å²) in [4.78, 5) is 22.2. The van der Waals surface area contributed by atoms with E-state index >= 15 is 0 Å². The summed E-state index contributed by atoms with van der Waals surface area (Å²) in [7, 11) is 0. The molecule has 2 rings (SSSR count). The molecule has 0 bridgehead atoms. The van der Waals surface area contributed by atoms with Crippen molar-refractivity contribution in [2.75, 3.05) is 25.0 Å². The minimum absolute atomic E-state index is 0.133. The molecule has 1 saturated heterocycles. The first-order valence-electron chi connectivity index (χ1n) is 6.12. The number of ether oxygens (including phenoxy) is 1. The number of hydrogen-bond donors (Lipinski definition) is 2. The molecule has 0 spiro atoms. The zero-order chi connectivity index (χ0) is 14.5. The Morgan fingerprint density at radius 3 is 3.05 bits per heavy atom. The molecule has 1 aromatic carbocycles. The predicted octanol–water partition coefficient (Wildman–Crippen LogP) is 1.57. The highest BCUT2D eigenvalue weighted by Crippen LogP contribution is 2.27. The standard InChI is InChI=1S/C12H14ClN3O4/c13-8-1-2-10(11(5-8)16(18)19)15-12(17)6-9-7-14-3-4-20-9/h1-2,5,9,14H,3-4,6-7H2,(H,15,17). The number of hydrogen-bond acceptors (Lipinski definition) is 5. The van der Waals surface area contributed by atoms with Crippen LogP contribution < -0.4 is 10.6 Å². The Hall–Kier alpha value is -1.70. The molecule has 0 aliphatic carbocycles. The van der Waals surface area contributed by atoms with Crippen LogP contribution in [0, 0.1) is 10.1 Å². The lowest BCUT2D eigenvalue weighted by Crippen LogP contribution is -2.40. The van der Waals surface area contributed by atoms with Crippen LogP contribution in [-0.4, -0.2) is 36.6 Å². The second kappa shape index (κ2) is 6.65. The maximum atomic E-state index is 11.9. The van der Waals surface area contributed by atoms with E-state index in [1.165, 1.54) is 18.2 Å². The number of benzene rings is 1. The molecule has 1 unspecified atom stereocenters. The third kappa shape index (κ3) is 3.89. The number of nitrogens with one attached hydrogen (secondary N) is 2. The van der Waals surface area contributed by atoms with Gasteiger partial charge in [-0.2, -0.15) is 0 Å². The van der Waals surface area contributed by atoms with Crippen LogP contribution in [0.4, 0.5) is 11.4 Å². The van der Waals surface area contributed by atoms with Crippen LogP contribution in [0.3, 0.4) is 0 Å². The Morgan fingerprint density at radius 1 is 1.60 bits per heavy atom. The number of anilines is 1. The highest BCUT2D eigenvalue weighted by atomic mass is 35.5. The number of halogens is 1. The third-order valence-electron chi connectivity index (χ3n) is 2.85. The van der Waals surface area contributed by atoms with Crippen molar-refractivity contribution in [1.82, 2.24) is 5.32 Å². The molecule has 1 fully saturated rings. The fourth-order valence-corrected chi connectivity index (χ4v) is 2.09. The summed E-state index contributed by atoms with van der Waals surface area (Å²) in [6, 6.07) is 4.11. The number of carbonyl (C=O) groups is 1. The molecule has 1 amide bonds. The van der Waals surface area contributed by atoms with Crippen LogP contribution >= 0.6 is 11.6 Å². The Balaban J connectivity index is 2.01. The second-order valence-corrected chi connectivity index (χ2v) is 4.80. The number of rotatable bonds is 4. The Bertz CT molecular complexity index is 517. The lowest BCUT2D eigenvalue weighted by atomic mass is 10.2. The van der Waals surface area contributed by atoms with Gasteiger partial charge in [0.15, 0.2) is 0 Å². The van der Waals surface area contributed by atoms with Gasteiger partial charge in [-0.15, -0.1) is 0 Å². The first-order chi connectivity index (χ1) is 9.56. The van der Waals surface area contributed by atoms with Gasteiger partial charge in [0.05, 0.1) is 24.1 Å². The van der Waals surface area contributed by atoms with Gasteiger partial charge in [-0.05, 0) is 12.1 Å². The van der Waals surface area contributed by atoms with E-state index in [0.717, 1.165) is 6.54 Å². The van der Waals surface area contributed by atoms with Gasteiger partial charge in [0.25, 0.3) is 5.69 Å². The van der Waals surface area contributed by atoms with Crippen LogP contribution in [0.15, 0.2) is 18.2 Å². The van der Waals surface area contributed by atoms with Crippen molar-refractivity contribution in [3.63, 3.8) is 0 Å². The third-order valence-corrected chi connectivity index (χ3v) is 3.08. The van der Waals surface area contributed by atoms with Gasteiger partial charge in [-0.1, -0.05) is 11.6 Å². The van der Waals surface area contributed by atoms with Crippen molar-refractivity contribution in [3.05, 3.63) is 33.3 Å². The van der Waals surface area contributed by atoms with Gasteiger partial charge in [0.1, 0.15) is 5.69 Å². The molecule has 1 aliphatic heterocycles. The van der Waals surface area contributed by atoms with Crippen LogP contribution in [0.1, 0.15) is 6.42 Å². The molecule has 20 heavy (non-hydrogen) atoms. The van der Waals surface area contributed by atoms with Gasteiger partial charge in [0, 0.05) is 24.2 Å². The summed E-state index contributed by atoms with van der Waals surface area (Å²) in [5, 5.41) is 16.8. The summed E-state index contributed by atoms with van der Waals surface area (Å²) in [6.45, 7) is 1.91. The molecule has 1 atom stereocenters. The highest BCUT2D eigenvalue weighted by molar-refractivity contribution is 6.31. The molecular formula is C12H14ClN3O4. The monoisotopic (exact) mass is 299 g/mol. The molecule has 1 heterocycles. The number of amides is 1. The van der Waals surface area contributed by atoms with E-state index in [9.17, 15) is 14.9 Å². The number of carbonyl (C=O) groups excluding carboxylic acids is 1. The number of morpholine rings is 1. The van der Waals surface area contributed by atoms with Crippen molar-refractivity contribution >= 4 is 28.9 Å². The van der Waals surface area contributed by atoms with E-state index in [1.807, 2.05) is 0 Å². The average molecular weight is 300 g/mol. The Morgan fingerprint density at radius 2 is 2.40 bits per heavy atom. The molecule has 1 aliphatic rings. The Labute approximate surface area is 120 Å². The Kier molecular flexibility index (Phi) is 4.89. The summed E-state index contributed by atoms with van der Waals surface area (Å²) < 4.78 is 5.40. The van der Waals surface area contributed by atoms with Crippen molar-refractivity contribution < 1.29 is 14.5 Å². The second-order valence-electron chi connectivity index (χ2n) is 4.37. The normalized spacial score (nSPS) is 18.6. The molecule has 0 saturated carbocycles. The highest BCUT2D eigenvalue weighted by Gasteiger charge is 2.20. The van der Waals surface area contributed by atoms with Crippen molar-refractivity contribution in [1.29, 1.82) is 0 Å². The van der Waals surface area contributed by atoms with Crippen molar-refractivity contribution in [2.24, 2.45) is 0 Å². The van der Waals surface area contributed by atoms with Crippen LogP contribution in [-0.2, 0) is 9.53 Å². The zero-order valence-electron chi connectivity index (χ0n) is 10.6. The van der Waals surface area contributed by atoms with Crippen LogP contribution in [0.2, 0.25) is 5.02 Å². The van der Waals surface area contributed by atoms with Gasteiger partial charge in [-0.25, -0.2) is 0 Å². The molecule has 1 aromatic rings. The van der Waals surface area contributed by atoms with Gasteiger partial charge in [0.2, 0.25) is 5.91 Å². The molecule has 108 valence electrons. The van der Waals surface area contributed by atoms with E-state index in [-0.39, 0.29) is 34.8 Å². The maximum Gasteiger partial charge on any atom is 0.294 e. The van der Waals surface area contributed by atoms with Crippen molar-refractivity contribution in [2.45, 2.75) is 12.5 Å². The molecule has 0 radical (unpaired) electrons. The first-order valence-corrected chi connectivity index (χ1v) is 6.50. The topological polar surface area (TPSA) is 93.5 Å². The number of nitro benzene ring substituents is 1. The van der Waals surface area contributed by atoms with E-state index in [2.05, 4.69) is 10.6 Å². The van der Waals surface area contributed by atoms with Crippen molar-refractivity contribution in [3.8, 4) is 0 Å². The smallest absolute Gasteiger partial charge is 0.294 e. The fraction of sp³-hybridized carbons (Fsp3) is 0.417. The molecular weight excluding hydrogens is 286 g/mol. The molecule has 8 heteroatoms.